The van der Waals surface area contributed by atoms with E-state index in [9.17, 15) is 4.39 Å². The number of halogens is 2. The third-order valence-corrected chi connectivity index (χ3v) is 3.49. The van der Waals surface area contributed by atoms with Crippen LogP contribution in [0, 0.1) is 11.2 Å². The molecule has 1 atom stereocenters. The van der Waals surface area contributed by atoms with Crippen molar-refractivity contribution >= 4 is 11.6 Å². The highest BCUT2D eigenvalue weighted by molar-refractivity contribution is 6.30. The predicted molar refractivity (Wildman–Crippen MR) is 62.0 cm³/mol. The van der Waals surface area contributed by atoms with Crippen LogP contribution in [0.25, 0.3) is 0 Å². The molecule has 0 amide bonds. The van der Waals surface area contributed by atoms with Gasteiger partial charge in [-0.2, -0.15) is 0 Å². The minimum atomic E-state index is -0.370. The topological polar surface area (TPSA) is 35.2 Å². The molecule has 1 fully saturated rings. The average Bonchev–Trinajstić information content (AvgIpc) is 2.73. The van der Waals surface area contributed by atoms with Gasteiger partial charge in [-0.15, -0.1) is 0 Å². The summed E-state index contributed by atoms with van der Waals surface area (Å²) in [6, 6.07) is 4.92. The van der Waals surface area contributed by atoms with Gasteiger partial charge < -0.3 is 10.5 Å². The SMILES string of the molecule is NCC1(Cc2ccc(Cl)c(F)c2)CCOC1. The van der Waals surface area contributed by atoms with E-state index >= 15 is 0 Å². The molecule has 0 aromatic heterocycles. The molecule has 2 nitrogen and oxygen atoms in total. The summed E-state index contributed by atoms with van der Waals surface area (Å²) in [6.07, 6.45) is 1.69. The Labute approximate surface area is 99.5 Å². The molecule has 1 aromatic rings. The zero-order valence-corrected chi connectivity index (χ0v) is 9.77. The smallest absolute Gasteiger partial charge is 0.142 e. The Balaban J connectivity index is 2.16. The maximum Gasteiger partial charge on any atom is 0.142 e. The van der Waals surface area contributed by atoms with Crippen LogP contribution in [0.4, 0.5) is 4.39 Å². The molecule has 2 N–H and O–H groups in total. The molecule has 0 aliphatic carbocycles. The lowest BCUT2D eigenvalue weighted by atomic mass is 9.81. The van der Waals surface area contributed by atoms with Gasteiger partial charge in [0.25, 0.3) is 0 Å². The summed E-state index contributed by atoms with van der Waals surface area (Å²) < 4.78 is 18.7. The fourth-order valence-corrected chi connectivity index (χ4v) is 2.22. The van der Waals surface area contributed by atoms with Crippen LogP contribution in [0.2, 0.25) is 5.02 Å². The standard InChI is InChI=1S/C12H15ClFNO/c13-10-2-1-9(5-11(10)14)6-12(7-15)3-4-16-8-12/h1-2,5H,3-4,6-8,15H2. The molecule has 0 radical (unpaired) electrons. The zero-order chi connectivity index (χ0) is 11.6. The van der Waals surface area contributed by atoms with Crippen LogP contribution in [0.1, 0.15) is 12.0 Å². The fourth-order valence-electron chi connectivity index (χ4n) is 2.10. The first-order chi connectivity index (χ1) is 7.65. The molecule has 4 heteroatoms. The second kappa shape index (κ2) is 4.70. The van der Waals surface area contributed by atoms with Gasteiger partial charge in [-0.25, -0.2) is 4.39 Å². The van der Waals surface area contributed by atoms with Crippen molar-refractivity contribution < 1.29 is 9.13 Å². The average molecular weight is 244 g/mol. The molecule has 2 rings (SSSR count). The highest BCUT2D eigenvalue weighted by Gasteiger charge is 2.33. The van der Waals surface area contributed by atoms with Gasteiger partial charge in [0.05, 0.1) is 11.6 Å². The third-order valence-electron chi connectivity index (χ3n) is 3.18. The number of hydrogen-bond donors (Lipinski definition) is 1. The van der Waals surface area contributed by atoms with Gasteiger partial charge in [0.2, 0.25) is 0 Å². The zero-order valence-electron chi connectivity index (χ0n) is 9.01. The number of ether oxygens (including phenoxy) is 1. The summed E-state index contributed by atoms with van der Waals surface area (Å²) in [5, 5.41) is 0.160. The van der Waals surface area contributed by atoms with E-state index in [1.165, 1.54) is 6.07 Å². The van der Waals surface area contributed by atoms with Gasteiger partial charge in [0.15, 0.2) is 0 Å². The van der Waals surface area contributed by atoms with Crippen molar-refractivity contribution in [2.45, 2.75) is 12.8 Å². The first kappa shape index (κ1) is 11.8. The molecule has 0 spiro atoms. The molecule has 1 aliphatic heterocycles. The molecular formula is C12H15ClFNO. The van der Waals surface area contributed by atoms with E-state index in [-0.39, 0.29) is 16.3 Å². The van der Waals surface area contributed by atoms with Gasteiger partial charge in [0.1, 0.15) is 5.82 Å². The second-order valence-electron chi connectivity index (χ2n) is 4.43. The predicted octanol–water partition coefficient (Wildman–Crippen LogP) is 2.39. The molecule has 1 heterocycles. The first-order valence-electron chi connectivity index (χ1n) is 5.37. The minimum absolute atomic E-state index is 0.0275. The van der Waals surface area contributed by atoms with E-state index < -0.39 is 0 Å². The van der Waals surface area contributed by atoms with Gasteiger partial charge in [0, 0.05) is 18.6 Å². The van der Waals surface area contributed by atoms with Crippen LogP contribution in [-0.4, -0.2) is 19.8 Å². The Bertz CT molecular complexity index is 377. The van der Waals surface area contributed by atoms with Crippen LogP contribution >= 0.6 is 11.6 Å². The quantitative estimate of drug-likeness (QED) is 0.885. The molecule has 88 valence electrons. The first-order valence-corrected chi connectivity index (χ1v) is 5.75. The molecule has 16 heavy (non-hydrogen) atoms. The summed E-state index contributed by atoms with van der Waals surface area (Å²) in [5.74, 6) is -0.370. The van der Waals surface area contributed by atoms with E-state index in [0.29, 0.717) is 13.2 Å². The van der Waals surface area contributed by atoms with E-state index in [0.717, 1.165) is 25.0 Å². The van der Waals surface area contributed by atoms with Gasteiger partial charge in [-0.3, -0.25) is 0 Å². The van der Waals surface area contributed by atoms with Crippen molar-refractivity contribution in [1.82, 2.24) is 0 Å². The van der Waals surface area contributed by atoms with Crippen molar-refractivity contribution in [3.05, 3.63) is 34.6 Å². The summed E-state index contributed by atoms with van der Waals surface area (Å²) in [5.41, 5.74) is 6.69. The molecule has 1 aliphatic rings. The molecule has 0 saturated carbocycles. The summed E-state index contributed by atoms with van der Waals surface area (Å²) in [6.45, 7) is 1.97. The summed E-state index contributed by atoms with van der Waals surface area (Å²) in [4.78, 5) is 0. The molecule has 1 saturated heterocycles. The lowest BCUT2D eigenvalue weighted by Gasteiger charge is -2.25. The van der Waals surface area contributed by atoms with Crippen molar-refractivity contribution in [3.8, 4) is 0 Å². The van der Waals surface area contributed by atoms with E-state index in [1.54, 1.807) is 6.07 Å². The van der Waals surface area contributed by atoms with Gasteiger partial charge in [-0.1, -0.05) is 17.7 Å². The molecular weight excluding hydrogens is 229 g/mol. The van der Waals surface area contributed by atoms with Crippen molar-refractivity contribution in [1.29, 1.82) is 0 Å². The third kappa shape index (κ3) is 2.37. The Morgan fingerprint density at radius 2 is 2.31 bits per heavy atom. The number of rotatable bonds is 3. The number of nitrogens with two attached hydrogens (primary N) is 1. The number of benzene rings is 1. The fraction of sp³-hybridized carbons (Fsp3) is 0.500. The summed E-state index contributed by atoms with van der Waals surface area (Å²) >= 11 is 5.64. The van der Waals surface area contributed by atoms with Gasteiger partial charge >= 0.3 is 0 Å². The lowest BCUT2D eigenvalue weighted by molar-refractivity contribution is 0.154. The van der Waals surface area contributed by atoms with Crippen molar-refractivity contribution in [3.63, 3.8) is 0 Å². The Morgan fingerprint density at radius 1 is 1.50 bits per heavy atom. The minimum Gasteiger partial charge on any atom is -0.381 e. The Kier molecular flexibility index (Phi) is 3.47. The van der Waals surface area contributed by atoms with Crippen LogP contribution < -0.4 is 5.73 Å². The largest absolute Gasteiger partial charge is 0.381 e. The monoisotopic (exact) mass is 243 g/mol. The maximum atomic E-state index is 13.3. The van der Waals surface area contributed by atoms with E-state index in [1.807, 2.05) is 6.07 Å². The second-order valence-corrected chi connectivity index (χ2v) is 4.84. The Hall–Kier alpha value is -0.640. The maximum absolute atomic E-state index is 13.3. The Morgan fingerprint density at radius 3 is 2.88 bits per heavy atom. The van der Waals surface area contributed by atoms with Crippen molar-refractivity contribution in [2.75, 3.05) is 19.8 Å². The van der Waals surface area contributed by atoms with Crippen molar-refractivity contribution in [2.24, 2.45) is 11.1 Å². The van der Waals surface area contributed by atoms with Crippen LogP contribution in [0.3, 0.4) is 0 Å². The lowest BCUT2D eigenvalue weighted by Crippen LogP contribution is -2.33. The summed E-state index contributed by atoms with van der Waals surface area (Å²) in [7, 11) is 0. The van der Waals surface area contributed by atoms with Gasteiger partial charge in [-0.05, 0) is 30.5 Å². The van der Waals surface area contributed by atoms with E-state index in [2.05, 4.69) is 0 Å². The molecule has 1 aromatic carbocycles. The molecule has 1 unspecified atom stereocenters. The van der Waals surface area contributed by atoms with Crippen LogP contribution in [0.15, 0.2) is 18.2 Å². The van der Waals surface area contributed by atoms with Crippen LogP contribution in [0.5, 0.6) is 0 Å². The molecule has 0 bridgehead atoms. The van der Waals surface area contributed by atoms with E-state index in [4.69, 9.17) is 22.1 Å². The van der Waals surface area contributed by atoms with Crippen LogP contribution in [-0.2, 0) is 11.2 Å². The normalized spacial score (nSPS) is 24.9. The number of hydrogen-bond acceptors (Lipinski definition) is 2. The highest BCUT2D eigenvalue weighted by Crippen LogP contribution is 2.32. The highest BCUT2D eigenvalue weighted by atomic mass is 35.5.